The minimum atomic E-state index is -1.26. The molecule has 3 heterocycles. The summed E-state index contributed by atoms with van der Waals surface area (Å²) < 4.78 is 12.1. The molecular formula is C30H35ClN2O6. The van der Waals surface area contributed by atoms with Gasteiger partial charge in [0.05, 0.1) is 41.5 Å². The summed E-state index contributed by atoms with van der Waals surface area (Å²) in [7, 11) is 0. The smallest absolute Gasteiger partial charge is 0.312 e. The van der Waals surface area contributed by atoms with Crippen LogP contribution < -0.4 is 5.32 Å². The van der Waals surface area contributed by atoms with Crippen LogP contribution in [0.2, 0.25) is 5.02 Å². The van der Waals surface area contributed by atoms with Crippen LogP contribution >= 0.6 is 11.6 Å². The van der Waals surface area contributed by atoms with Gasteiger partial charge in [-0.3, -0.25) is 14.4 Å². The van der Waals surface area contributed by atoms with Crippen LogP contribution in [0.3, 0.4) is 0 Å². The third kappa shape index (κ3) is 4.24. The van der Waals surface area contributed by atoms with Gasteiger partial charge >= 0.3 is 5.97 Å². The number of carbonyl (C=O) groups excluding carboxylic acids is 3. The summed E-state index contributed by atoms with van der Waals surface area (Å²) >= 11 is 6.45. The number of hydrogen-bond donors (Lipinski definition) is 2. The lowest BCUT2D eigenvalue weighted by Crippen LogP contribution is -2.57. The third-order valence-corrected chi connectivity index (χ3v) is 9.24. The van der Waals surface area contributed by atoms with E-state index in [2.05, 4.69) is 5.32 Å². The average molecular weight is 555 g/mol. The van der Waals surface area contributed by atoms with E-state index in [4.69, 9.17) is 21.1 Å². The molecule has 1 spiro atoms. The molecule has 0 saturated carbocycles. The van der Waals surface area contributed by atoms with Crippen molar-refractivity contribution in [3.8, 4) is 0 Å². The van der Waals surface area contributed by atoms with E-state index >= 15 is 0 Å². The molecule has 3 aliphatic heterocycles. The summed E-state index contributed by atoms with van der Waals surface area (Å²) in [5.74, 6) is -3.24. The number of nitrogens with one attached hydrogen (secondary N) is 1. The van der Waals surface area contributed by atoms with E-state index in [1.807, 2.05) is 57.2 Å². The largest absolute Gasteiger partial charge is 0.466 e. The second-order valence-electron chi connectivity index (χ2n) is 11.1. The Kier molecular flexibility index (Phi) is 7.24. The molecule has 2 N–H and O–H groups in total. The summed E-state index contributed by atoms with van der Waals surface area (Å²) in [5.41, 5.74) is -0.0936. The van der Waals surface area contributed by atoms with Gasteiger partial charge in [0.1, 0.15) is 17.6 Å². The monoisotopic (exact) mass is 554 g/mol. The molecule has 3 unspecified atom stereocenters. The van der Waals surface area contributed by atoms with Gasteiger partial charge in [-0.05, 0) is 56.7 Å². The highest BCUT2D eigenvalue weighted by molar-refractivity contribution is 6.34. The number of likely N-dealkylation sites (tertiary alicyclic amines) is 1. The van der Waals surface area contributed by atoms with Crippen LogP contribution in [0.15, 0.2) is 48.5 Å². The SMILES string of the molecule is CCOC(=O)[C@@H]1[C@H]2C(=O)N([C@@H](CO)Cc3ccccc3)C(C(=O)Nc3c(C)cccc3Cl)C23CC(C)[C@@]1(C)O3. The number of amides is 2. The van der Waals surface area contributed by atoms with Crippen LogP contribution in [0, 0.1) is 24.7 Å². The van der Waals surface area contributed by atoms with Crippen LogP contribution in [0.5, 0.6) is 0 Å². The second kappa shape index (κ2) is 10.2. The quantitative estimate of drug-likeness (QED) is 0.481. The third-order valence-electron chi connectivity index (χ3n) is 8.93. The number of hydrogen-bond acceptors (Lipinski definition) is 6. The second-order valence-corrected chi connectivity index (χ2v) is 11.6. The number of anilines is 1. The molecule has 2 amide bonds. The predicted molar refractivity (Wildman–Crippen MR) is 146 cm³/mol. The lowest BCUT2D eigenvalue weighted by atomic mass is 9.62. The molecule has 2 bridgehead atoms. The molecule has 39 heavy (non-hydrogen) atoms. The van der Waals surface area contributed by atoms with E-state index in [9.17, 15) is 19.5 Å². The molecule has 3 aliphatic rings. The van der Waals surface area contributed by atoms with Crippen LogP contribution in [-0.2, 0) is 30.3 Å². The van der Waals surface area contributed by atoms with Gasteiger partial charge in [-0.15, -0.1) is 0 Å². The highest BCUT2D eigenvalue weighted by Gasteiger charge is 2.80. The fourth-order valence-electron chi connectivity index (χ4n) is 7.08. The normalized spacial score (nSPS) is 31.7. The first-order valence-corrected chi connectivity index (χ1v) is 13.9. The molecule has 7 atom stereocenters. The molecule has 3 fully saturated rings. The van der Waals surface area contributed by atoms with Crippen molar-refractivity contribution in [2.45, 2.75) is 63.8 Å². The number of halogens is 1. The van der Waals surface area contributed by atoms with E-state index in [0.717, 1.165) is 11.1 Å². The molecule has 0 radical (unpaired) electrons. The fraction of sp³-hybridized carbons (Fsp3) is 0.500. The zero-order valence-electron chi connectivity index (χ0n) is 22.6. The lowest BCUT2D eigenvalue weighted by molar-refractivity contribution is -0.161. The first-order valence-electron chi connectivity index (χ1n) is 13.5. The van der Waals surface area contributed by atoms with E-state index in [0.29, 0.717) is 23.6 Å². The maximum atomic E-state index is 14.4. The minimum absolute atomic E-state index is 0.116. The molecule has 9 heteroatoms. The predicted octanol–water partition coefficient (Wildman–Crippen LogP) is 3.76. The van der Waals surface area contributed by atoms with Crippen molar-refractivity contribution in [3.63, 3.8) is 0 Å². The fourth-order valence-corrected chi connectivity index (χ4v) is 7.35. The van der Waals surface area contributed by atoms with Crippen molar-refractivity contribution in [1.29, 1.82) is 0 Å². The first-order chi connectivity index (χ1) is 18.6. The Labute approximate surface area is 233 Å². The summed E-state index contributed by atoms with van der Waals surface area (Å²) in [4.78, 5) is 43.4. The van der Waals surface area contributed by atoms with Crippen molar-refractivity contribution < 1.29 is 29.0 Å². The minimum Gasteiger partial charge on any atom is -0.466 e. The number of esters is 1. The number of ether oxygens (including phenoxy) is 2. The Morgan fingerprint density at radius 2 is 1.95 bits per heavy atom. The molecule has 0 aliphatic carbocycles. The molecule has 5 rings (SSSR count). The van der Waals surface area contributed by atoms with E-state index in [-0.39, 0.29) is 25.0 Å². The summed E-state index contributed by atoms with van der Waals surface area (Å²) in [6.07, 6.45) is 0.743. The first kappa shape index (κ1) is 27.6. The van der Waals surface area contributed by atoms with Crippen LogP contribution in [-0.4, -0.2) is 64.3 Å². The van der Waals surface area contributed by atoms with Crippen molar-refractivity contribution in [1.82, 2.24) is 4.90 Å². The standard InChI is InChI=1S/C30H35ClN2O6/c1-5-38-28(37)23-22-27(36)33(20(16-34)14-19-11-7-6-8-12-19)25(30(22)15-18(3)29(23,4)39-30)26(35)32-24-17(2)10-9-13-21(24)31/h6-13,18,20,22-23,25,34H,5,14-16H2,1-4H3,(H,32,35)/t18?,20-,22+,23+,25?,29-,30?/m1/s1. The number of para-hydroxylation sites is 1. The molecule has 8 nitrogen and oxygen atoms in total. The zero-order chi connectivity index (χ0) is 28.1. The zero-order valence-corrected chi connectivity index (χ0v) is 23.4. The van der Waals surface area contributed by atoms with Gasteiger partial charge in [-0.1, -0.05) is 61.0 Å². The number of fused-ring (bicyclic) bond motifs is 1. The number of aliphatic hydroxyl groups is 1. The Bertz CT molecular complexity index is 1270. The van der Waals surface area contributed by atoms with E-state index in [1.54, 1.807) is 19.1 Å². The maximum absolute atomic E-state index is 14.4. The van der Waals surface area contributed by atoms with Crippen molar-refractivity contribution in [2.24, 2.45) is 17.8 Å². The van der Waals surface area contributed by atoms with Gasteiger partial charge in [0.15, 0.2) is 0 Å². The Morgan fingerprint density at radius 3 is 2.59 bits per heavy atom. The van der Waals surface area contributed by atoms with Crippen LogP contribution in [0.1, 0.15) is 38.3 Å². The number of rotatable bonds is 8. The number of nitrogens with zero attached hydrogens (tertiary/aromatic N) is 1. The van der Waals surface area contributed by atoms with E-state index in [1.165, 1.54) is 4.90 Å². The summed E-state index contributed by atoms with van der Waals surface area (Å²) in [6.45, 7) is 7.18. The van der Waals surface area contributed by atoms with Gasteiger partial charge in [0.25, 0.3) is 0 Å². The lowest BCUT2D eigenvalue weighted by Gasteiger charge is -2.37. The number of carbonyl (C=O) groups is 3. The number of aryl methyl sites for hydroxylation is 1. The van der Waals surface area contributed by atoms with Gasteiger partial charge < -0.3 is 24.8 Å². The van der Waals surface area contributed by atoms with Gasteiger partial charge in [-0.2, -0.15) is 0 Å². The highest BCUT2D eigenvalue weighted by atomic mass is 35.5. The molecule has 208 valence electrons. The highest BCUT2D eigenvalue weighted by Crippen LogP contribution is 2.65. The topological polar surface area (TPSA) is 105 Å². The van der Waals surface area contributed by atoms with Gasteiger partial charge in [-0.25, -0.2) is 0 Å². The average Bonchev–Trinajstić information content (AvgIpc) is 3.42. The number of benzene rings is 2. The Morgan fingerprint density at radius 1 is 1.23 bits per heavy atom. The molecule has 2 aromatic carbocycles. The molecule has 3 saturated heterocycles. The molecular weight excluding hydrogens is 520 g/mol. The van der Waals surface area contributed by atoms with Crippen LogP contribution in [0.25, 0.3) is 0 Å². The van der Waals surface area contributed by atoms with Crippen molar-refractivity contribution in [3.05, 3.63) is 64.7 Å². The summed E-state index contributed by atoms with van der Waals surface area (Å²) in [5, 5.41) is 13.9. The Hall–Kier alpha value is -2.94. The van der Waals surface area contributed by atoms with Gasteiger partial charge in [0, 0.05) is 0 Å². The molecule has 2 aromatic rings. The van der Waals surface area contributed by atoms with Crippen molar-refractivity contribution in [2.75, 3.05) is 18.5 Å². The van der Waals surface area contributed by atoms with Gasteiger partial charge in [0.2, 0.25) is 11.8 Å². The maximum Gasteiger partial charge on any atom is 0.312 e. The number of aliphatic hydroxyl groups excluding tert-OH is 1. The van der Waals surface area contributed by atoms with E-state index < -0.39 is 47.0 Å². The summed E-state index contributed by atoms with van der Waals surface area (Å²) in [6, 6.07) is 13.0. The molecule has 0 aromatic heterocycles. The van der Waals surface area contributed by atoms with Crippen LogP contribution in [0.4, 0.5) is 5.69 Å². The Balaban J connectivity index is 1.61. The van der Waals surface area contributed by atoms with Crippen molar-refractivity contribution >= 4 is 35.1 Å².